The lowest BCUT2D eigenvalue weighted by atomic mass is 9.97. The normalized spacial score (nSPS) is 16.1. The van der Waals surface area contributed by atoms with Crippen LogP contribution in [0.25, 0.3) is 10.2 Å². The molecular weight excluding hydrogens is 306 g/mol. The highest BCUT2D eigenvalue weighted by molar-refractivity contribution is 7.18. The molecule has 0 unspecified atom stereocenters. The monoisotopic (exact) mass is 331 g/mol. The number of aryl methyl sites for hydroxylation is 1. The third kappa shape index (κ3) is 4.30. The number of hydrogen-bond acceptors (Lipinski definition) is 4. The molecule has 124 valence electrons. The van der Waals surface area contributed by atoms with E-state index in [0.717, 1.165) is 57.3 Å². The van der Waals surface area contributed by atoms with Crippen LogP contribution in [0.4, 0.5) is 0 Å². The van der Waals surface area contributed by atoms with E-state index in [-0.39, 0.29) is 0 Å². The van der Waals surface area contributed by atoms with Crippen LogP contribution in [-0.4, -0.2) is 35.4 Å². The molecule has 0 atom stereocenters. The average Bonchev–Trinajstić information content (AvgIpc) is 3.01. The Morgan fingerprint density at radius 3 is 2.78 bits per heavy atom. The third-order valence-electron chi connectivity index (χ3n) is 4.67. The van der Waals surface area contributed by atoms with Gasteiger partial charge in [0.25, 0.3) is 0 Å². The van der Waals surface area contributed by atoms with E-state index in [9.17, 15) is 4.79 Å². The van der Waals surface area contributed by atoms with Crippen molar-refractivity contribution in [3.05, 3.63) is 29.3 Å². The molecule has 1 aliphatic heterocycles. The summed E-state index contributed by atoms with van der Waals surface area (Å²) in [6.07, 6.45) is 5.75. The van der Waals surface area contributed by atoms with Gasteiger partial charge < -0.3 is 10.6 Å². The summed E-state index contributed by atoms with van der Waals surface area (Å²) in [4.78, 5) is 18.9. The molecule has 0 spiro atoms. The Hall–Kier alpha value is -1.46. The number of carbonyl (C=O) groups excluding carboxylic acids is 1. The van der Waals surface area contributed by atoms with Crippen molar-refractivity contribution in [1.82, 2.24) is 9.88 Å². The fraction of sp³-hybridized carbons (Fsp3) is 0.556. The molecule has 2 heterocycles. The van der Waals surface area contributed by atoms with Gasteiger partial charge in [-0.2, -0.15) is 0 Å². The van der Waals surface area contributed by atoms with Gasteiger partial charge in [0, 0.05) is 19.5 Å². The van der Waals surface area contributed by atoms with Gasteiger partial charge in [-0.05, 0) is 56.7 Å². The second kappa shape index (κ2) is 7.88. The molecule has 0 aliphatic carbocycles. The Balaban J connectivity index is 1.38. The highest BCUT2D eigenvalue weighted by Crippen LogP contribution is 2.23. The van der Waals surface area contributed by atoms with Gasteiger partial charge in [-0.1, -0.05) is 12.1 Å². The van der Waals surface area contributed by atoms with E-state index in [1.807, 2.05) is 11.0 Å². The number of rotatable bonds is 6. The number of likely N-dealkylation sites (tertiary alicyclic amines) is 1. The van der Waals surface area contributed by atoms with Crippen LogP contribution in [-0.2, 0) is 11.2 Å². The number of fused-ring (bicyclic) bond motifs is 1. The Morgan fingerprint density at radius 1 is 1.26 bits per heavy atom. The minimum atomic E-state index is 0.310. The van der Waals surface area contributed by atoms with E-state index in [1.165, 1.54) is 9.71 Å². The molecule has 3 rings (SSSR count). The second-order valence-corrected chi connectivity index (χ2v) is 7.46. The van der Waals surface area contributed by atoms with Crippen molar-refractivity contribution < 1.29 is 4.79 Å². The maximum atomic E-state index is 12.2. The Bertz CT molecular complexity index is 614. The summed E-state index contributed by atoms with van der Waals surface area (Å²) in [6, 6.07) is 8.25. The van der Waals surface area contributed by atoms with Crippen LogP contribution in [0, 0.1) is 5.92 Å². The summed E-state index contributed by atoms with van der Waals surface area (Å²) in [7, 11) is 0. The molecule has 5 heteroatoms. The smallest absolute Gasteiger partial charge is 0.222 e. The number of benzene rings is 1. The molecule has 1 aromatic heterocycles. The van der Waals surface area contributed by atoms with E-state index in [4.69, 9.17) is 5.73 Å². The summed E-state index contributed by atoms with van der Waals surface area (Å²) in [6.45, 7) is 2.53. The van der Waals surface area contributed by atoms with Crippen LogP contribution in [0.3, 0.4) is 0 Å². The summed E-state index contributed by atoms with van der Waals surface area (Å²) in [5, 5.41) is 1.18. The predicted molar refractivity (Wildman–Crippen MR) is 95.5 cm³/mol. The van der Waals surface area contributed by atoms with Gasteiger partial charge in [0.15, 0.2) is 0 Å². The number of nitrogens with two attached hydrogens (primary N) is 1. The van der Waals surface area contributed by atoms with Crippen molar-refractivity contribution in [3.8, 4) is 0 Å². The fourth-order valence-corrected chi connectivity index (χ4v) is 4.16. The number of unbranched alkanes of at least 4 members (excludes halogenated alkanes) is 1. The van der Waals surface area contributed by atoms with Gasteiger partial charge in [0.1, 0.15) is 0 Å². The van der Waals surface area contributed by atoms with Crippen LogP contribution in [0.5, 0.6) is 0 Å². The molecule has 0 bridgehead atoms. The van der Waals surface area contributed by atoms with E-state index in [1.54, 1.807) is 11.3 Å². The maximum absolute atomic E-state index is 12.2. The lowest BCUT2D eigenvalue weighted by Crippen LogP contribution is -2.39. The van der Waals surface area contributed by atoms with E-state index in [0.29, 0.717) is 18.2 Å². The first-order valence-corrected chi connectivity index (χ1v) is 9.40. The van der Waals surface area contributed by atoms with Crippen molar-refractivity contribution in [2.45, 2.75) is 38.5 Å². The molecule has 1 amide bonds. The van der Waals surface area contributed by atoms with Crippen molar-refractivity contribution in [3.63, 3.8) is 0 Å². The Morgan fingerprint density at radius 2 is 2.04 bits per heavy atom. The number of carbonyl (C=O) groups is 1. The van der Waals surface area contributed by atoms with Gasteiger partial charge in [-0.15, -0.1) is 11.3 Å². The summed E-state index contributed by atoms with van der Waals surface area (Å²) < 4.78 is 1.25. The lowest BCUT2D eigenvalue weighted by molar-refractivity contribution is -0.132. The number of para-hydroxylation sites is 1. The van der Waals surface area contributed by atoms with Crippen LogP contribution < -0.4 is 5.73 Å². The maximum Gasteiger partial charge on any atom is 0.222 e. The number of hydrogen-bond donors (Lipinski definition) is 1. The number of amides is 1. The zero-order chi connectivity index (χ0) is 16.1. The van der Waals surface area contributed by atoms with E-state index < -0.39 is 0 Å². The highest BCUT2D eigenvalue weighted by atomic mass is 32.1. The zero-order valence-electron chi connectivity index (χ0n) is 13.5. The molecule has 0 saturated carbocycles. The lowest BCUT2D eigenvalue weighted by Gasteiger charge is -2.31. The standard InChI is InChI=1S/C18H25N3OS/c19-13-14-9-11-21(12-10-14)18(22)8-4-3-7-17-20-15-5-1-2-6-16(15)23-17/h1-2,5-6,14H,3-4,7-13,19H2. The number of aromatic nitrogens is 1. The molecule has 4 nitrogen and oxygen atoms in total. The third-order valence-corrected chi connectivity index (χ3v) is 5.77. The molecule has 1 saturated heterocycles. The van der Waals surface area contributed by atoms with Crippen LogP contribution in [0.2, 0.25) is 0 Å². The van der Waals surface area contributed by atoms with Crippen LogP contribution in [0.1, 0.15) is 37.1 Å². The number of piperidine rings is 1. The molecule has 1 fully saturated rings. The van der Waals surface area contributed by atoms with Gasteiger partial charge in [0.2, 0.25) is 5.91 Å². The Kier molecular flexibility index (Phi) is 5.62. The predicted octanol–water partition coefficient (Wildman–Crippen LogP) is 3.21. The largest absolute Gasteiger partial charge is 0.343 e. The first-order valence-electron chi connectivity index (χ1n) is 8.58. The highest BCUT2D eigenvalue weighted by Gasteiger charge is 2.21. The van der Waals surface area contributed by atoms with Crippen molar-refractivity contribution in [2.75, 3.05) is 19.6 Å². The average molecular weight is 331 g/mol. The molecule has 2 aromatic rings. The first kappa shape index (κ1) is 16.4. The number of thiazole rings is 1. The van der Waals surface area contributed by atoms with Gasteiger partial charge >= 0.3 is 0 Å². The van der Waals surface area contributed by atoms with Gasteiger partial charge in [-0.25, -0.2) is 4.98 Å². The van der Waals surface area contributed by atoms with Crippen molar-refractivity contribution in [1.29, 1.82) is 0 Å². The molecular formula is C18H25N3OS. The molecule has 1 aliphatic rings. The molecule has 2 N–H and O–H groups in total. The van der Waals surface area contributed by atoms with E-state index >= 15 is 0 Å². The summed E-state index contributed by atoms with van der Waals surface area (Å²) >= 11 is 1.77. The van der Waals surface area contributed by atoms with Crippen molar-refractivity contribution in [2.24, 2.45) is 11.7 Å². The minimum Gasteiger partial charge on any atom is -0.343 e. The minimum absolute atomic E-state index is 0.310. The van der Waals surface area contributed by atoms with Crippen LogP contribution >= 0.6 is 11.3 Å². The summed E-state index contributed by atoms with van der Waals surface area (Å²) in [5.74, 6) is 0.919. The second-order valence-electron chi connectivity index (χ2n) is 6.34. The van der Waals surface area contributed by atoms with E-state index in [2.05, 4.69) is 23.2 Å². The fourth-order valence-electron chi connectivity index (χ4n) is 3.16. The zero-order valence-corrected chi connectivity index (χ0v) is 14.4. The van der Waals surface area contributed by atoms with Crippen molar-refractivity contribution >= 4 is 27.5 Å². The topological polar surface area (TPSA) is 59.2 Å². The summed E-state index contributed by atoms with van der Waals surface area (Å²) in [5.41, 5.74) is 6.79. The van der Waals surface area contributed by atoms with Crippen LogP contribution in [0.15, 0.2) is 24.3 Å². The first-order chi connectivity index (χ1) is 11.3. The molecule has 1 aromatic carbocycles. The molecule has 0 radical (unpaired) electrons. The van der Waals surface area contributed by atoms with Gasteiger partial charge in [-0.3, -0.25) is 4.79 Å². The Labute approximate surface area is 141 Å². The number of nitrogens with zero attached hydrogens (tertiary/aromatic N) is 2. The SMILES string of the molecule is NCC1CCN(C(=O)CCCCc2nc3ccccc3s2)CC1. The van der Waals surface area contributed by atoms with Gasteiger partial charge in [0.05, 0.1) is 15.2 Å². The quantitative estimate of drug-likeness (QED) is 0.827. The molecule has 23 heavy (non-hydrogen) atoms.